The Balaban J connectivity index is 2.43. The fraction of sp³-hybridized carbons (Fsp3) is 0.429. The molecular weight excluding hydrogens is 330 g/mol. The van der Waals surface area contributed by atoms with E-state index in [0.717, 1.165) is 4.47 Å². The minimum absolute atomic E-state index is 0.111. The molecule has 1 aliphatic rings. The second-order valence-corrected chi connectivity index (χ2v) is 6.64. The number of carbonyl (C=O) groups excluding carboxylic acids is 2. The molecule has 1 atom stereocenters. The molecule has 5 heteroatoms. The number of benzene rings is 1. The van der Waals surface area contributed by atoms with Crippen LogP contribution in [0.25, 0.3) is 0 Å². The van der Waals surface area contributed by atoms with Gasteiger partial charge < -0.3 is 0 Å². The van der Waals surface area contributed by atoms with Crippen molar-refractivity contribution in [1.29, 1.82) is 0 Å². The summed E-state index contributed by atoms with van der Waals surface area (Å²) in [6, 6.07) is 5.09. The molecule has 1 aromatic carbocycles. The lowest BCUT2D eigenvalue weighted by molar-refractivity contribution is -0.126. The van der Waals surface area contributed by atoms with Crippen molar-refractivity contribution >= 4 is 45.0 Å². The Morgan fingerprint density at radius 1 is 1.37 bits per heavy atom. The van der Waals surface area contributed by atoms with E-state index in [1.807, 2.05) is 20.8 Å². The van der Waals surface area contributed by atoms with Crippen molar-refractivity contribution < 1.29 is 9.59 Å². The average molecular weight is 345 g/mol. The highest BCUT2D eigenvalue weighted by molar-refractivity contribution is 9.10. The van der Waals surface area contributed by atoms with Gasteiger partial charge >= 0.3 is 0 Å². The Labute approximate surface area is 126 Å². The van der Waals surface area contributed by atoms with Gasteiger partial charge in [-0.25, -0.2) is 0 Å². The standard InChI is InChI=1S/C14H15BrClNO2/c1-8(2)14(3)7-12(18)17(13(14)19)9-4-5-10(15)11(16)6-9/h4-6,8H,7H2,1-3H3. The monoisotopic (exact) mass is 343 g/mol. The molecule has 1 unspecified atom stereocenters. The van der Waals surface area contributed by atoms with Crippen LogP contribution in [0.5, 0.6) is 0 Å². The van der Waals surface area contributed by atoms with E-state index in [1.165, 1.54) is 4.90 Å². The van der Waals surface area contributed by atoms with Gasteiger partial charge in [-0.15, -0.1) is 0 Å². The number of anilines is 1. The summed E-state index contributed by atoms with van der Waals surface area (Å²) in [6.07, 6.45) is 0.247. The minimum atomic E-state index is -0.628. The second kappa shape index (κ2) is 4.91. The molecule has 2 rings (SSSR count). The summed E-state index contributed by atoms with van der Waals surface area (Å²) in [5, 5.41) is 0.483. The number of nitrogens with zero attached hydrogens (tertiary/aromatic N) is 1. The van der Waals surface area contributed by atoms with Crippen LogP contribution in [-0.2, 0) is 9.59 Å². The number of hydrogen-bond acceptors (Lipinski definition) is 2. The Morgan fingerprint density at radius 2 is 2.00 bits per heavy atom. The average Bonchev–Trinajstić information content (AvgIpc) is 2.55. The molecule has 19 heavy (non-hydrogen) atoms. The van der Waals surface area contributed by atoms with Gasteiger partial charge in [-0.2, -0.15) is 0 Å². The second-order valence-electron chi connectivity index (χ2n) is 5.38. The van der Waals surface area contributed by atoms with Gasteiger partial charge in [-0.3, -0.25) is 14.5 Å². The van der Waals surface area contributed by atoms with Crippen molar-refractivity contribution in [2.24, 2.45) is 11.3 Å². The first-order valence-electron chi connectivity index (χ1n) is 6.10. The smallest absolute Gasteiger partial charge is 0.240 e. The molecule has 2 amide bonds. The Morgan fingerprint density at radius 3 is 2.47 bits per heavy atom. The third-order valence-electron chi connectivity index (χ3n) is 3.90. The molecule has 0 saturated carbocycles. The van der Waals surface area contributed by atoms with Gasteiger partial charge in [0.1, 0.15) is 0 Å². The Bertz CT molecular complexity index is 558. The van der Waals surface area contributed by atoms with Gasteiger partial charge in [0.2, 0.25) is 11.8 Å². The van der Waals surface area contributed by atoms with E-state index < -0.39 is 5.41 Å². The molecule has 1 heterocycles. The van der Waals surface area contributed by atoms with Crippen molar-refractivity contribution in [3.63, 3.8) is 0 Å². The van der Waals surface area contributed by atoms with Crippen LogP contribution in [-0.4, -0.2) is 11.8 Å². The summed E-state index contributed by atoms with van der Waals surface area (Å²) in [6.45, 7) is 5.77. The van der Waals surface area contributed by atoms with Crippen LogP contribution in [0.4, 0.5) is 5.69 Å². The summed E-state index contributed by atoms with van der Waals surface area (Å²) in [4.78, 5) is 25.9. The molecule has 3 nitrogen and oxygen atoms in total. The predicted molar refractivity (Wildman–Crippen MR) is 79.2 cm³/mol. The maximum atomic E-state index is 12.5. The summed E-state index contributed by atoms with van der Waals surface area (Å²) < 4.78 is 0.739. The SMILES string of the molecule is CC(C)C1(C)CC(=O)N(c2ccc(Br)c(Cl)c2)C1=O. The molecule has 0 aliphatic carbocycles. The Hall–Kier alpha value is -0.870. The molecular formula is C14H15BrClNO2. The number of amides is 2. The molecule has 1 aliphatic heterocycles. The van der Waals surface area contributed by atoms with Gasteiger partial charge in [-0.1, -0.05) is 25.4 Å². The van der Waals surface area contributed by atoms with Crippen LogP contribution < -0.4 is 4.90 Å². The maximum absolute atomic E-state index is 12.5. The first-order chi connectivity index (χ1) is 8.77. The van der Waals surface area contributed by atoms with E-state index >= 15 is 0 Å². The van der Waals surface area contributed by atoms with Crippen molar-refractivity contribution in [2.45, 2.75) is 27.2 Å². The molecule has 1 saturated heterocycles. The summed E-state index contributed by atoms with van der Waals surface area (Å²) in [5.41, 5.74) is -0.0935. The molecule has 0 radical (unpaired) electrons. The highest BCUT2D eigenvalue weighted by Gasteiger charge is 2.50. The summed E-state index contributed by atoms with van der Waals surface area (Å²) in [5.74, 6) is -0.203. The molecule has 102 valence electrons. The zero-order valence-corrected chi connectivity index (χ0v) is 13.4. The van der Waals surface area contributed by atoms with Crippen LogP contribution >= 0.6 is 27.5 Å². The fourth-order valence-corrected chi connectivity index (χ4v) is 2.60. The van der Waals surface area contributed by atoms with E-state index in [-0.39, 0.29) is 24.2 Å². The number of halogens is 2. The van der Waals surface area contributed by atoms with Gasteiger partial charge in [0.25, 0.3) is 0 Å². The number of imide groups is 1. The molecule has 1 aromatic rings. The number of rotatable bonds is 2. The van der Waals surface area contributed by atoms with Crippen LogP contribution in [0.2, 0.25) is 5.02 Å². The largest absolute Gasteiger partial charge is 0.274 e. The van der Waals surface area contributed by atoms with Crippen molar-refractivity contribution in [3.05, 3.63) is 27.7 Å². The van der Waals surface area contributed by atoms with Gasteiger partial charge in [0, 0.05) is 10.9 Å². The zero-order chi connectivity index (χ0) is 14.4. The van der Waals surface area contributed by atoms with Crippen LogP contribution in [0.3, 0.4) is 0 Å². The quantitative estimate of drug-likeness (QED) is 0.760. The topological polar surface area (TPSA) is 37.4 Å². The number of carbonyl (C=O) groups is 2. The van der Waals surface area contributed by atoms with E-state index in [4.69, 9.17) is 11.6 Å². The highest BCUT2D eigenvalue weighted by atomic mass is 79.9. The lowest BCUT2D eigenvalue weighted by Gasteiger charge is -2.26. The van der Waals surface area contributed by atoms with Crippen molar-refractivity contribution in [1.82, 2.24) is 0 Å². The Kier molecular flexibility index (Phi) is 3.76. The lowest BCUT2D eigenvalue weighted by Crippen LogP contribution is -2.36. The van der Waals surface area contributed by atoms with Crippen molar-refractivity contribution in [2.75, 3.05) is 4.90 Å². The lowest BCUT2D eigenvalue weighted by atomic mass is 9.78. The van der Waals surface area contributed by atoms with Crippen LogP contribution in [0.1, 0.15) is 27.2 Å². The van der Waals surface area contributed by atoms with Gasteiger partial charge in [0.05, 0.1) is 16.1 Å². The van der Waals surface area contributed by atoms with E-state index in [0.29, 0.717) is 10.7 Å². The van der Waals surface area contributed by atoms with E-state index in [1.54, 1.807) is 18.2 Å². The molecule has 1 fully saturated rings. The molecule has 0 spiro atoms. The van der Waals surface area contributed by atoms with Crippen LogP contribution in [0, 0.1) is 11.3 Å². The minimum Gasteiger partial charge on any atom is -0.274 e. The summed E-state index contributed by atoms with van der Waals surface area (Å²) in [7, 11) is 0. The van der Waals surface area contributed by atoms with Crippen molar-refractivity contribution in [3.8, 4) is 0 Å². The third-order valence-corrected chi connectivity index (χ3v) is 5.13. The number of hydrogen-bond donors (Lipinski definition) is 0. The van der Waals surface area contributed by atoms with Crippen LogP contribution in [0.15, 0.2) is 22.7 Å². The van der Waals surface area contributed by atoms with E-state index in [9.17, 15) is 9.59 Å². The van der Waals surface area contributed by atoms with Gasteiger partial charge in [0.15, 0.2) is 0 Å². The first-order valence-corrected chi connectivity index (χ1v) is 7.27. The van der Waals surface area contributed by atoms with Gasteiger partial charge in [-0.05, 0) is 47.0 Å². The third kappa shape index (κ3) is 2.32. The normalized spacial score (nSPS) is 23.6. The zero-order valence-electron chi connectivity index (χ0n) is 11.0. The summed E-state index contributed by atoms with van der Waals surface area (Å²) >= 11 is 9.32. The predicted octanol–water partition coefficient (Wildman–Crippen LogP) is 4.03. The molecule has 0 bridgehead atoms. The fourth-order valence-electron chi connectivity index (χ4n) is 2.17. The van der Waals surface area contributed by atoms with E-state index in [2.05, 4.69) is 15.9 Å². The highest BCUT2D eigenvalue weighted by Crippen LogP contribution is 2.42. The maximum Gasteiger partial charge on any atom is 0.240 e. The first kappa shape index (κ1) is 14.5. The molecule has 0 N–H and O–H groups in total. The molecule has 0 aromatic heterocycles.